The van der Waals surface area contributed by atoms with Gasteiger partial charge in [-0.15, -0.1) is 0 Å². The summed E-state index contributed by atoms with van der Waals surface area (Å²) < 4.78 is 5.66. The summed E-state index contributed by atoms with van der Waals surface area (Å²) in [7, 11) is 0. The van der Waals surface area contributed by atoms with Crippen molar-refractivity contribution in [3.05, 3.63) is 18.3 Å². The second kappa shape index (κ2) is 9.62. The zero-order valence-electron chi connectivity index (χ0n) is 12.1. The van der Waals surface area contributed by atoms with E-state index in [0.29, 0.717) is 12.5 Å². The van der Waals surface area contributed by atoms with Crippen LogP contribution in [0.1, 0.15) is 39.5 Å². The first-order chi connectivity index (χ1) is 9.31. The molecule has 2 N–H and O–H groups in total. The van der Waals surface area contributed by atoms with E-state index in [-0.39, 0.29) is 6.61 Å². The van der Waals surface area contributed by atoms with E-state index in [1.807, 2.05) is 12.1 Å². The van der Waals surface area contributed by atoms with Gasteiger partial charge in [0.2, 0.25) is 0 Å². The highest BCUT2D eigenvalue weighted by Crippen LogP contribution is 2.22. The molecule has 0 aliphatic rings. The first-order valence-corrected chi connectivity index (χ1v) is 7.24. The minimum Gasteiger partial charge on any atom is -0.490 e. The number of ether oxygens (including phenoxy) is 1. The molecule has 0 bridgehead atoms. The van der Waals surface area contributed by atoms with Crippen LogP contribution in [0.15, 0.2) is 18.3 Å². The van der Waals surface area contributed by atoms with Gasteiger partial charge in [-0.2, -0.15) is 0 Å². The van der Waals surface area contributed by atoms with Crippen LogP contribution in [0.4, 0.5) is 5.82 Å². The van der Waals surface area contributed by atoms with Crippen LogP contribution in [0.25, 0.3) is 0 Å². The fourth-order valence-electron chi connectivity index (χ4n) is 2.03. The average Bonchev–Trinajstić information content (AvgIpc) is 2.44. The Morgan fingerprint density at radius 1 is 1.32 bits per heavy atom. The Hall–Kier alpha value is -1.29. The molecule has 1 atom stereocenters. The number of nitrogens with one attached hydrogen (secondary N) is 1. The highest BCUT2D eigenvalue weighted by molar-refractivity contribution is 5.49. The molecule has 1 aromatic heterocycles. The van der Waals surface area contributed by atoms with Crippen LogP contribution in [-0.2, 0) is 0 Å². The third-order valence-electron chi connectivity index (χ3n) is 3.02. The van der Waals surface area contributed by atoms with E-state index in [4.69, 9.17) is 9.84 Å². The van der Waals surface area contributed by atoms with Gasteiger partial charge in [0.1, 0.15) is 0 Å². The number of hydrogen-bond donors (Lipinski definition) is 2. The van der Waals surface area contributed by atoms with E-state index in [9.17, 15) is 0 Å². The molecule has 1 rings (SSSR count). The summed E-state index contributed by atoms with van der Waals surface area (Å²) in [6.45, 7) is 6.03. The Kier molecular flexibility index (Phi) is 7.98. The van der Waals surface area contributed by atoms with Crippen molar-refractivity contribution in [3.8, 4) is 5.75 Å². The lowest BCUT2D eigenvalue weighted by atomic mass is 10.0. The zero-order chi connectivity index (χ0) is 13.9. The first kappa shape index (κ1) is 15.8. The van der Waals surface area contributed by atoms with Gasteiger partial charge in [-0.1, -0.05) is 20.3 Å². The van der Waals surface area contributed by atoms with Crippen LogP contribution >= 0.6 is 0 Å². The second-order valence-corrected chi connectivity index (χ2v) is 4.75. The molecule has 1 heterocycles. The molecule has 4 heteroatoms. The van der Waals surface area contributed by atoms with Crippen molar-refractivity contribution in [2.75, 3.05) is 25.1 Å². The predicted octanol–water partition coefficient (Wildman–Crippen LogP) is 3.08. The third kappa shape index (κ3) is 5.92. The van der Waals surface area contributed by atoms with Crippen molar-refractivity contribution in [1.29, 1.82) is 0 Å². The lowest BCUT2D eigenvalue weighted by Crippen LogP contribution is -2.17. The third-order valence-corrected chi connectivity index (χ3v) is 3.02. The highest BCUT2D eigenvalue weighted by Gasteiger charge is 2.09. The predicted molar refractivity (Wildman–Crippen MR) is 78.6 cm³/mol. The summed E-state index contributed by atoms with van der Waals surface area (Å²) in [6.07, 6.45) is 5.83. The monoisotopic (exact) mass is 266 g/mol. The molecule has 0 aliphatic heterocycles. The van der Waals surface area contributed by atoms with Gasteiger partial charge in [0, 0.05) is 19.3 Å². The van der Waals surface area contributed by atoms with Crippen molar-refractivity contribution >= 4 is 5.82 Å². The number of anilines is 1. The van der Waals surface area contributed by atoms with Gasteiger partial charge in [0.25, 0.3) is 0 Å². The minimum absolute atomic E-state index is 0.244. The molecular formula is C15H26N2O2. The van der Waals surface area contributed by atoms with E-state index in [0.717, 1.165) is 43.8 Å². The number of aromatic nitrogens is 1. The molecule has 0 aliphatic carbocycles. The smallest absolute Gasteiger partial charge is 0.168 e. The largest absolute Gasteiger partial charge is 0.490 e. The van der Waals surface area contributed by atoms with Crippen LogP contribution in [0.3, 0.4) is 0 Å². The molecule has 0 radical (unpaired) electrons. The Morgan fingerprint density at radius 2 is 2.16 bits per heavy atom. The van der Waals surface area contributed by atoms with Crippen LogP contribution in [-0.4, -0.2) is 29.8 Å². The van der Waals surface area contributed by atoms with Crippen molar-refractivity contribution < 1.29 is 9.84 Å². The molecule has 0 amide bonds. The van der Waals surface area contributed by atoms with Crippen molar-refractivity contribution in [3.63, 3.8) is 0 Å². The molecule has 0 saturated carbocycles. The maximum Gasteiger partial charge on any atom is 0.168 e. The Bertz CT molecular complexity index is 339. The Balaban J connectivity index is 2.54. The van der Waals surface area contributed by atoms with E-state index in [1.54, 1.807) is 6.20 Å². The normalized spacial score (nSPS) is 12.2. The average molecular weight is 266 g/mol. The standard InChI is InChI=1S/C15H26N2O2/c1-3-6-13(8-10-18)12-17-15-14(19-11-4-2)7-5-9-16-15/h5,7,9,13,18H,3-4,6,8,10-12H2,1-2H3,(H,16,17). The summed E-state index contributed by atoms with van der Waals surface area (Å²) in [4.78, 5) is 4.33. The van der Waals surface area contributed by atoms with E-state index < -0.39 is 0 Å². The van der Waals surface area contributed by atoms with Gasteiger partial charge >= 0.3 is 0 Å². The first-order valence-electron chi connectivity index (χ1n) is 7.24. The number of hydrogen-bond acceptors (Lipinski definition) is 4. The van der Waals surface area contributed by atoms with E-state index in [1.165, 1.54) is 0 Å². The molecule has 1 aromatic rings. The molecular weight excluding hydrogens is 240 g/mol. The van der Waals surface area contributed by atoms with Crippen molar-refractivity contribution in [1.82, 2.24) is 4.98 Å². The number of rotatable bonds is 10. The fraction of sp³-hybridized carbons (Fsp3) is 0.667. The quantitative estimate of drug-likeness (QED) is 0.683. The summed E-state index contributed by atoms with van der Waals surface area (Å²) in [6, 6.07) is 3.82. The number of aliphatic hydroxyl groups is 1. The van der Waals surface area contributed by atoms with E-state index in [2.05, 4.69) is 24.1 Å². The molecule has 4 nitrogen and oxygen atoms in total. The lowest BCUT2D eigenvalue weighted by Gasteiger charge is -2.17. The van der Waals surface area contributed by atoms with Gasteiger partial charge in [0.15, 0.2) is 11.6 Å². The fourth-order valence-corrected chi connectivity index (χ4v) is 2.03. The highest BCUT2D eigenvalue weighted by atomic mass is 16.5. The van der Waals surface area contributed by atoms with Crippen molar-refractivity contribution in [2.45, 2.75) is 39.5 Å². The van der Waals surface area contributed by atoms with Crippen LogP contribution in [0, 0.1) is 5.92 Å². The number of nitrogens with zero attached hydrogens (tertiary/aromatic N) is 1. The van der Waals surface area contributed by atoms with Gasteiger partial charge in [-0.3, -0.25) is 0 Å². The molecule has 1 unspecified atom stereocenters. The lowest BCUT2D eigenvalue weighted by molar-refractivity contribution is 0.255. The summed E-state index contributed by atoms with van der Waals surface area (Å²) in [5, 5.41) is 12.4. The van der Waals surface area contributed by atoms with Crippen LogP contribution in [0.5, 0.6) is 5.75 Å². The maximum absolute atomic E-state index is 9.06. The number of pyridine rings is 1. The van der Waals surface area contributed by atoms with Gasteiger partial charge < -0.3 is 15.2 Å². The molecule has 0 saturated heterocycles. The van der Waals surface area contributed by atoms with Crippen LogP contribution < -0.4 is 10.1 Å². The SMILES string of the molecule is CCCOc1cccnc1NCC(CCC)CCO. The molecule has 0 aromatic carbocycles. The molecule has 108 valence electrons. The second-order valence-electron chi connectivity index (χ2n) is 4.75. The minimum atomic E-state index is 0.244. The van der Waals surface area contributed by atoms with Crippen LogP contribution in [0.2, 0.25) is 0 Å². The topological polar surface area (TPSA) is 54.4 Å². The van der Waals surface area contributed by atoms with E-state index >= 15 is 0 Å². The van der Waals surface area contributed by atoms with Gasteiger partial charge in [0.05, 0.1) is 6.61 Å². The zero-order valence-corrected chi connectivity index (χ0v) is 12.1. The molecule has 0 spiro atoms. The maximum atomic E-state index is 9.06. The van der Waals surface area contributed by atoms with Gasteiger partial charge in [-0.05, 0) is 37.3 Å². The molecule has 19 heavy (non-hydrogen) atoms. The summed E-state index contributed by atoms with van der Waals surface area (Å²) in [5.74, 6) is 2.09. The van der Waals surface area contributed by atoms with Gasteiger partial charge in [-0.25, -0.2) is 4.98 Å². The Morgan fingerprint density at radius 3 is 2.84 bits per heavy atom. The summed E-state index contributed by atoms with van der Waals surface area (Å²) in [5.41, 5.74) is 0. The van der Waals surface area contributed by atoms with Crippen molar-refractivity contribution in [2.24, 2.45) is 5.92 Å². The Labute approximate surface area is 116 Å². The summed E-state index contributed by atoms with van der Waals surface area (Å²) >= 11 is 0. The molecule has 0 fully saturated rings. The number of aliphatic hydroxyl groups excluding tert-OH is 1.